The average Bonchev–Trinajstić information content (AvgIpc) is 3.44. The Kier molecular flexibility index (Phi) is 6.01. The van der Waals surface area contributed by atoms with Crippen LogP contribution in [0.15, 0.2) is 47.6 Å². The van der Waals surface area contributed by atoms with Gasteiger partial charge in [0.15, 0.2) is 11.0 Å². The first kappa shape index (κ1) is 22.0. The van der Waals surface area contributed by atoms with Crippen molar-refractivity contribution < 1.29 is 18.5 Å². The van der Waals surface area contributed by atoms with Crippen molar-refractivity contribution in [2.45, 2.75) is 44.0 Å². The number of aromatic nitrogens is 3. The molecule has 0 bridgehead atoms. The Hall–Kier alpha value is -3.20. The molecule has 0 spiro atoms. The number of amides is 1. The third kappa shape index (κ3) is 4.52. The molecule has 1 aromatic carbocycles. The standard InChI is InChI=1S/C23H26N4O4S/c1-23(2,3)17-12-15-8-11-31-20(15)19(13-17)32(29)26-21(28)18-7-6-16(22(25-18)30-4)14-27-10-5-9-24-27/h5-7,9-10,12-13H,8,11,14H2,1-4H3,(H,26,28). The van der Waals surface area contributed by atoms with Crippen molar-refractivity contribution in [1.29, 1.82) is 0 Å². The van der Waals surface area contributed by atoms with E-state index in [2.05, 4.69) is 41.6 Å². The fourth-order valence-corrected chi connectivity index (χ4v) is 4.47. The lowest BCUT2D eigenvalue weighted by atomic mass is 9.86. The highest BCUT2D eigenvalue weighted by Gasteiger charge is 2.26. The zero-order valence-corrected chi connectivity index (χ0v) is 19.4. The minimum atomic E-state index is -1.80. The summed E-state index contributed by atoms with van der Waals surface area (Å²) in [6.45, 7) is 7.28. The van der Waals surface area contributed by atoms with E-state index in [0.717, 1.165) is 23.1 Å². The second kappa shape index (κ2) is 8.74. The number of fused-ring (bicyclic) bond motifs is 1. The third-order valence-electron chi connectivity index (χ3n) is 5.26. The molecule has 1 unspecified atom stereocenters. The highest BCUT2D eigenvalue weighted by atomic mass is 32.2. The average molecular weight is 455 g/mol. The van der Waals surface area contributed by atoms with Crippen LogP contribution in [0.5, 0.6) is 11.6 Å². The van der Waals surface area contributed by atoms with Gasteiger partial charge >= 0.3 is 0 Å². The van der Waals surface area contributed by atoms with Crippen LogP contribution in [-0.2, 0) is 29.4 Å². The van der Waals surface area contributed by atoms with Crippen LogP contribution in [0, 0.1) is 0 Å². The molecule has 8 nitrogen and oxygen atoms in total. The normalized spacial score (nSPS) is 13.9. The Morgan fingerprint density at radius 1 is 1.31 bits per heavy atom. The van der Waals surface area contributed by atoms with Gasteiger partial charge in [-0.25, -0.2) is 9.19 Å². The van der Waals surface area contributed by atoms with Crippen LogP contribution in [0.25, 0.3) is 0 Å². The first-order chi connectivity index (χ1) is 15.3. The summed E-state index contributed by atoms with van der Waals surface area (Å²) in [7, 11) is -0.307. The van der Waals surface area contributed by atoms with Gasteiger partial charge in [-0.3, -0.25) is 14.2 Å². The number of rotatable bonds is 6. The van der Waals surface area contributed by atoms with E-state index < -0.39 is 16.9 Å². The molecule has 168 valence electrons. The maximum atomic E-state index is 13.1. The van der Waals surface area contributed by atoms with E-state index in [9.17, 15) is 9.00 Å². The summed E-state index contributed by atoms with van der Waals surface area (Å²) in [5.41, 5.74) is 2.82. The lowest BCUT2D eigenvalue weighted by Gasteiger charge is -2.21. The van der Waals surface area contributed by atoms with Crippen LogP contribution < -0.4 is 14.2 Å². The number of nitrogens with one attached hydrogen (secondary N) is 1. The fourth-order valence-electron chi connectivity index (χ4n) is 3.50. The lowest BCUT2D eigenvalue weighted by Crippen LogP contribution is -2.27. The number of hydrogen-bond donors (Lipinski definition) is 1. The van der Waals surface area contributed by atoms with Gasteiger partial charge in [0.2, 0.25) is 5.88 Å². The first-order valence-corrected chi connectivity index (χ1v) is 11.5. The number of carbonyl (C=O) groups is 1. The van der Waals surface area contributed by atoms with Gasteiger partial charge in [-0.05, 0) is 40.8 Å². The van der Waals surface area contributed by atoms with Crippen LogP contribution in [0.3, 0.4) is 0 Å². The quantitative estimate of drug-likeness (QED) is 0.615. The molecule has 32 heavy (non-hydrogen) atoms. The molecule has 1 aliphatic rings. The van der Waals surface area contributed by atoms with Crippen molar-refractivity contribution in [2.24, 2.45) is 0 Å². The summed E-state index contributed by atoms with van der Waals surface area (Å²) in [6, 6.07) is 9.11. The van der Waals surface area contributed by atoms with E-state index in [4.69, 9.17) is 9.47 Å². The van der Waals surface area contributed by atoms with Gasteiger partial charge in [0.05, 0.1) is 20.3 Å². The number of nitrogens with zero attached hydrogens (tertiary/aromatic N) is 3. The lowest BCUT2D eigenvalue weighted by molar-refractivity contribution is 0.0977. The zero-order valence-electron chi connectivity index (χ0n) is 18.5. The zero-order chi connectivity index (χ0) is 22.9. The predicted molar refractivity (Wildman–Crippen MR) is 120 cm³/mol. The van der Waals surface area contributed by atoms with Crippen molar-refractivity contribution in [1.82, 2.24) is 19.5 Å². The molecule has 4 rings (SSSR count). The van der Waals surface area contributed by atoms with Gasteiger partial charge in [0.25, 0.3) is 5.91 Å². The minimum Gasteiger partial charge on any atom is -0.492 e. The minimum absolute atomic E-state index is 0.115. The molecule has 3 heterocycles. The Morgan fingerprint density at radius 2 is 2.12 bits per heavy atom. The summed E-state index contributed by atoms with van der Waals surface area (Å²) >= 11 is 0. The molecule has 9 heteroatoms. The molecule has 0 saturated heterocycles. The monoisotopic (exact) mass is 454 g/mol. The number of hydrogen-bond acceptors (Lipinski definition) is 6. The smallest absolute Gasteiger partial charge is 0.281 e. The Balaban J connectivity index is 1.57. The number of carbonyl (C=O) groups excluding carboxylic acids is 1. The summed E-state index contributed by atoms with van der Waals surface area (Å²) in [4.78, 5) is 17.6. The predicted octanol–water partition coefficient (Wildman–Crippen LogP) is 3.02. The number of pyridine rings is 1. The van der Waals surface area contributed by atoms with Crippen LogP contribution in [-0.4, -0.2) is 38.6 Å². The van der Waals surface area contributed by atoms with Crippen molar-refractivity contribution in [2.75, 3.05) is 13.7 Å². The Labute approximate surface area is 189 Å². The molecule has 1 aliphatic heterocycles. The number of ether oxygens (including phenoxy) is 2. The molecule has 0 aliphatic carbocycles. The first-order valence-electron chi connectivity index (χ1n) is 10.3. The Morgan fingerprint density at radius 3 is 2.81 bits per heavy atom. The van der Waals surface area contributed by atoms with Gasteiger partial charge < -0.3 is 9.47 Å². The molecule has 0 fully saturated rings. The molecule has 3 aromatic rings. The Bertz CT molecular complexity index is 1170. The van der Waals surface area contributed by atoms with Crippen molar-refractivity contribution in [3.05, 3.63) is 65.1 Å². The van der Waals surface area contributed by atoms with E-state index in [0.29, 0.717) is 29.7 Å². The van der Waals surface area contributed by atoms with Gasteiger partial charge in [0, 0.05) is 24.4 Å². The summed E-state index contributed by atoms with van der Waals surface area (Å²) in [5.74, 6) is 0.356. The molecular formula is C23H26N4O4S. The van der Waals surface area contributed by atoms with Crippen LogP contribution in [0.1, 0.15) is 48.0 Å². The highest BCUT2D eigenvalue weighted by Crippen LogP contribution is 2.36. The maximum absolute atomic E-state index is 13.1. The summed E-state index contributed by atoms with van der Waals surface area (Å²) < 4.78 is 28.5. The van der Waals surface area contributed by atoms with Crippen LogP contribution in [0.2, 0.25) is 0 Å². The van der Waals surface area contributed by atoms with E-state index in [1.807, 2.05) is 18.3 Å². The largest absolute Gasteiger partial charge is 0.492 e. The van der Waals surface area contributed by atoms with E-state index >= 15 is 0 Å². The maximum Gasteiger partial charge on any atom is 0.281 e. The molecule has 1 N–H and O–H groups in total. The topological polar surface area (TPSA) is 95.3 Å². The highest BCUT2D eigenvalue weighted by molar-refractivity contribution is 7.83. The van der Waals surface area contributed by atoms with Gasteiger partial charge in [-0.15, -0.1) is 0 Å². The summed E-state index contributed by atoms with van der Waals surface area (Å²) in [5, 5.41) is 4.17. The van der Waals surface area contributed by atoms with Gasteiger partial charge in [0.1, 0.15) is 16.3 Å². The van der Waals surface area contributed by atoms with E-state index in [1.165, 1.54) is 7.11 Å². The molecular weight excluding hydrogens is 428 g/mol. The molecule has 0 saturated carbocycles. The second-order valence-corrected chi connectivity index (χ2v) is 9.76. The molecule has 2 aromatic heterocycles. The second-order valence-electron chi connectivity index (χ2n) is 8.58. The molecule has 0 radical (unpaired) electrons. The third-order valence-corrected chi connectivity index (χ3v) is 6.33. The van der Waals surface area contributed by atoms with Crippen LogP contribution >= 0.6 is 0 Å². The summed E-state index contributed by atoms with van der Waals surface area (Å²) in [6.07, 6.45) is 4.27. The molecule has 1 atom stereocenters. The van der Waals surface area contributed by atoms with E-state index in [-0.39, 0.29) is 11.1 Å². The van der Waals surface area contributed by atoms with Gasteiger partial charge in [-0.2, -0.15) is 5.10 Å². The van der Waals surface area contributed by atoms with E-state index in [1.54, 1.807) is 23.0 Å². The molecule has 1 amide bonds. The number of benzene rings is 1. The fraction of sp³-hybridized carbons (Fsp3) is 0.348. The SMILES string of the molecule is COc1nc(C(=O)NS(=O)c2cc(C(C)(C)C)cc3c2OCC3)ccc1Cn1cccn1. The van der Waals surface area contributed by atoms with Gasteiger partial charge in [-0.1, -0.05) is 26.8 Å². The van der Waals surface area contributed by atoms with Crippen molar-refractivity contribution in [3.8, 4) is 11.6 Å². The van der Waals surface area contributed by atoms with Crippen molar-refractivity contribution >= 4 is 16.9 Å². The van der Waals surface area contributed by atoms with Crippen LogP contribution in [0.4, 0.5) is 0 Å². The number of methoxy groups -OCH3 is 1. The van der Waals surface area contributed by atoms with Crippen molar-refractivity contribution in [3.63, 3.8) is 0 Å².